The molecule has 2 N–H and O–H groups in total. The van der Waals surface area contributed by atoms with Crippen LogP contribution in [0.1, 0.15) is 27.9 Å². The average Bonchev–Trinajstić information content (AvgIpc) is 2.67. The summed E-state index contributed by atoms with van der Waals surface area (Å²) in [6.07, 6.45) is 0.510. The molecule has 0 bridgehead atoms. The Hall–Kier alpha value is -3.15. The fourth-order valence-electron chi connectivity index (χ4n) is 2.32. The number of carbonyl (C=O) groups is 3. The second kappa shape index (κ2) is 9.98. The summed E-state index contributed by atoms with van der Waals surface area (Å²) in [6, 6.07) is 16.3. The smallest absolute Gasteiger partial charge is 0.337 e. The fraction of sp³-hybridized carbons (Fsp3) is 0.250. The summed E-state index contributed by atoms with van der Waals surface area (Å²) in [5.41, 5.74) is 2.27. The molecule has 136 valence electrons. The van der Waals surface area contributed by atoms with Gasteiger partial charge in [0.2, 0.25) is 11.8 Å². The highest BCUT2D eigenvalue weighted by molar-refractivity contribution is 5.89. The van der Waals surface area contributed by atoms with Gasteiger partial charge >= 0.3 is 5.97 Å². The van der Waals surface area contributed by atoms with Crippen LogP contribution in [0.5, 0.6) is 0 Å². The molecule has 0 fully saturated rings. The Morgan fingerprint density at radius 1 is 0.846 bits per heavy atom. The first-order valence-corrected chi connectivity index (χ1v) is 8.33. The molecule has 2 amide bonds. The highest BCUT2D eigenvalue weighted by Gasteiger charge is 2.07. The largest absolute Gasteiger partial charge is 0.465 e. The predicted molar refractivity (Wildman–Crippen MR) is 97.4 cm³/mol. The summed E-state index contributed by atoms with van der Waals surface area (Å²) in [7, 11) is 1.33. The van der Waals surface area contributed by atoms with Crippen LogP contribution in [-0.2, 0) is 27.3 Å². The molecule has 6 heteroatoms. The number of esters is 1. The van der Waals surface area contributed by atoms with Crippen molar-refractivity contribution in [3.8, 4) is 0 Å². The van der Waals surface area contributed by atoms with Gasteiger partial charge < -0.3 is 15.4 Å². The van der Waals surface area contributed by atoms with Gasteiger partial charge in [-0.2, -0.15) is 0 Å². The molecular formula is C20H22N2O4. The molecule has 0 spiro atoms. The Morgan fingerprint density at radius 3 is 2.19 bits per heavy atom. The predicted octanol–water partition coefficient (Wildman–Crippen LogP) is 1.84. The lowest BCUT2D eigenvalue weighted by Gasteiger charge is -2.07. The minimum atomic E-state index is -0.396. The second-order valence-corrected chi connectivity index (χ2v) is 5.73. The topological polar surface area (TPSA) is 84.5 Å². The summed E-state index contributed by atoms with van der Waals surface area (Å²) < 4.78 is 4.63. The van der Waals surface area contributed by atoms with Gasteiger partial charge in [0.1, 0.15) is 0 Å². The molecule has 2 aromatic carbocycles. The zero-order valence-electron chi connectivity index (χ0n) is 14.7. The highest BCUT2D eigenvalue weighted by Crippen LogP contribution is 2.05. The van der Waals surface area contributed by atoms with Gasteiger partial charge in [-0.1, -0.05) is 42.5 Å². The maximum Gasteiger partial charge on any atom is 0.337 e. The molecule has 0 unspecified atom stereocenters. The molecule has 0 aliphatic heterocycles. The van der Waals surface area contributed by atoms with E-state index in [2.05, 4.69) is 15.4 Å². The molecule has 6 nitrogen and oxygen atoms in total. The molecule has 0 radical (unpaired) electrons. The minimum absolute atomic E-state index is 0.109. The van der Waals surface area contributed by atoms with Crippen molar-refractivity contribution in [3.63, 3.8) is 0 Å². The molecule has 26 heavy (non-hydrogen) atoms. The van der Waals surface area contributed by atoms with Crippen molar-refractivity contribution < 1.29 is 19.1 Å². The Bertz CT molecular complexity index is 742. The third-order valence-electron chi connectivity index (χ3n) is 3.75. The number of benzene rings is 2. The van der Waals surface area contributed by atoms with Gasteiger partial charge in [0.05, 0.1) is 19.1 Å². The van der Waals surface area contributed by atoms with Gasteiger partial charge in [0, 0.05) is 19.5 Å². The number of rotatable bonds is 8. The van der Waals surface area contributed by atoms with Crippen molar-refractivity contribution in [2.75, 3.05) is 13.7 Å². The number of methoxy groups -OCH3 is 1. The van der Waals surface area contributed by atoms with Crippen LogP contribution in [-0.4, -0.2) is 31.4 Å². The summed E-state index contributed by atoms with van der Waals surface area (Å²) >= 11 is 0. The van der Waals surface area contributed by atoms with E-state index in [1.165, 1.54) is 7.11 Å². The van der Waals surface area contributed by atoms with Crippen LogP contribution in [0.2, 0.25) is 0 Å². The Balaban J connectivity index is 1.66. The van der Waals surface area contributed by atoms with Gasteiger partial charge in [0.15, 0.2) is 0 Å². The van der Waals surface area contributed by atoms with Crippen molar-refractivity contribution in [2.45, 2.75) is 19.4 Å². The van der Waals surface area contributed by atoms with Gasteiger partial charge in [-0.25, -0.2) is 4.79 Å². The highest BCUT2D eigenvalue weighted by atomic mass is 16.5. The molecule has 2 aromatic rings. The monoisotopic (exact) mass is 354 g/mol. The molecule has 0 aliphatic rings. The Kier molecular flexibility index (Phi) is 7.36. The van der Waals surface area contributed by atoms with E-state index in [4.69, 9.17) is 0 Å². The van der Waals surface area contributed by atoms with Crippen molar-refractivity contribution in [1.82, 2.24) is 10.6 Å². The first kappa shape index (κ1) is 19.2. The third-order valence-corrected chi connectivity index (χ3v) is 3.75. The number of ether oxygens (including phenoxy) is 1. The summed E-state index contributed by atoms with van der Waals surface area (Å²) in [5.74, 6) is -0.656. The van der Waals surface area contributed by atoms with Gasteiger partial charge in [0.25, 0.3) is 0 Å². The van der Waals surface area contributed by atoms with Crippen molar-refractivity contribution in [3.05, 3.63) is 71.3 Å². The standard InChI is InChI=1S/C20H22N2O4/c1-26-20(25)17-9-7-16(8-10-17)14-22-18(23)11-12-21-19(24)13-15-5-3-2-4-6-15/h2-10H,11-14H2,1H3,(H,21,24)(H,22,23). The summed E-state index contributed by atoms with van der Waals surface area (Å²) in [6.45, 7) is 0.650. The zero-order valence-corrected chi connectivity index (χ0v) is 14.7. The molecular weight excluding hydrogens is 332 g/mol. The van der Waals surface area contributed by atoms with E-state index in [1.807, 2.05) is 30.3 Å². The lowest BCUT2D eigenvalue weighted by molar-refractivity contribution is -0.122. The molecule has 2 rings (SSSR count). The molecule has 0 saturated carbocycles. The van der Waals surface area contributed by atoms with Crippen molar-refractivity contribution in [1.29, 1.82) is 0 Å². The van der Waals surface area contributed by atoms with Crippen molar-refractivity contribution >= 4 is 17.8 Å². The number of nitrogens with one attached hydrogen (secondary N) is 2. The van der Waals surface area contributed by atoms with E-state index in [9.17, 15) is 14.4 Å². The summed E-state index contributed by atoms with van der Waals surface area (Å²) in [4.78, 5) is 35.0. The molecule has 0 atom stereocenters. The second-order valence-electron chi connectivity index (χ2n) is 5.73. The third kappa shape index (κ3) is 6.39. The van der Waals surface area contributed by atoms with Crippen LogP contribution in [0.4, 0.5) is 0 Å². The first-order valence-electron chi connectivity index (χ1n) is 8.33. The molecule has 0 saturated heterocycles. The Labute approximate surface area is 152 Å². The number of carbonyl (C=O) groups excluding carboxylic acids is 3. The summed E-state index contributed by atoms with van der Waals surface area (Å²) in [5, 5.41) is 5.51. The van der Waals surface area contributed by atoms with E-state index in [0.29, 0.717) is 25.1 Å². The van der Waals surface area contributed by atoms with E-state index in [0.717, 1.165) is 11.1 Å². The van der Waals surface area contributed by atoms with Gasteiger partial charge in [-0.3, -0.25) is 9.59 Å². The zero-order chi connectivity index (χ0) is 18.8. The van der Waals surface area contributed by atoms with Crippen LogP contribution < -0.4 is 10.6 Å². The van der Waals surface area contributed by atoms with Gasteiger partial charge in [-0.05, 0) is 23.3 Å². The maximum absolute atomic E-state index is 11.8. The van der Waals surface area contributed by atoms with Crippen LogP contribution in [0, 0.1) is 0 Å². The number of amides is 2. The Morgan fingerprint density at radius 2 is 1.54 bits per heavy atom. The number of hydrogen-bond donors (Lipinski definition) is 2. The van der Waals surface area contributed by atoms with E-state index in [-0.39, 0.29) is 18.2 Å². The minimum Gasteiger partial charge on any atom is -0.465 e. The molecule has 0 aromatic heterocycles. The quantitative estimate of drug-likeness (QED) is 0.709. The number of hydrogen-bond acceptors (Lipinski definition) is 4. The normalized spacial score (nSPS) is 10.0. The van der Waals surface area contributed by atoms with Crippen molar-refractivity contribution in [2.24, 2.45) is 0 Å². The lowest BCUT2D eigenvalue weighted by Crippen LogP contribution is -2.31. The van der Waals surface area contributed by atoms with Gasteiger partial charge in [-0.15, -0.1) is 0 Å². The van der Waals surface area contributed by atoms with Crippen LogP contribution in [0.15, 0.2) is 54.6 Å². The fourth-order valence-corrected chi connectivity index (χ4v) is 2.32. The van der Waals surface area contributed by atoms with E-state index >= 15 is 0 Å². The SMILES string of the molecule is COC(=O)c1ccc(CNC(=O)CCNC(=O)Cc2ccccc2)cc1. The maximum atomic E-state index is 11.8. The van der Waals surface area contributed by atoms with Crippen LogP contribution >= 0.6 is 0 Å². The van der Waals surface area contributed by atoms with E-state index in [1.54, 1.807) is 24.3 Å². The molecule has 0 aliphatic carbocycles. The van der Waals surface area contributed by atoms with E-state index < -0.39 is 5.97 Å². The van der Waals surface area contributed by atoms with Crippen LogP contribution in [0.25, 0.3) is 0 Å². The average molecular weight is 354 g/mol. The van der Waals surface area contributed by atoms with Crippen LogP contribution in [0.3, 0.4) is 0 Å². The first-order chi connectivity index (χ1) is 12.6. The molecule has 0 heterocycles. The lowest BCUT2D eigenvalue weighted by atomic mass is 10.1.